The van der Waals surface area contributed by atoms with E-state index in [1.807, 2.05) is 0 Å². The molecule has 18 nitrogen and oxygen atoms in total. The maximum absolute atomic E-state index is 12.9. The van der Waals surface area contributed by atoms with Gasteiger partial charge in [-0.1, -0.05) is 0 Å². The van der Waals surface area contributed by atoms with Crippen molar-refractivity contribution in [1.82, 2.24) is 16.0 Å². The van der Waals surface area contributed by atoms with E-state index in [1.54, 1.807) is 0 Å². The summed E-state index contributed by atoms with van der Waals surface area (Å²) in [5.74, 6) is -5.41. The molecular weight excluding hydrogens is 494 g/mol. The van der Waals surface area contributed by atoms with E-state index >= 15 is 0 Å². The average molecular weight is 532 g/mol. The number of aliphatic hydroxyl groups is 1. The van der Waals surface area contributed by atoms with Crippen LogP contribution in [0.25, 0.3) is 0 Å². The molecule has 0 heterocycles. The number of aliphatic imine (C=N–C) groups is 2. The predicted octanol–water partition coefficient (Wildman–Crippen LogP) is -6.17. The number of nitrogens with one attached hydrogen (secondary N) is 3. The van der Waals surface area contributed by atoms with Crippen LogP contribution in [0.3, 0.4) is 0 Å². The van der Waals surface area contributed by atoms with Crippen LogP contribution in [0, 0.1) is 0 Å². The molecule has 17 N–H and O–H groups in total. The number of guanidine groups is 2. The molecule has 18 heteroatoms. The Morgan fingerprint density at radius 3 is 1.57 bits per heavy atom. The first kappa shape index (κ1) is 32.8. The predicted molar refractivity (Wildman–Crippen MR) is 132 cm³/mol. The van der Waals surface area contributed by atoms with Crippen LogP contribution in [-0.2, 0) is 24.0 Å². The number of carboxylic acids is 1. The van der Waals surface area contributed by atoms with Gasteiger partial charge in [0, 0.05) is 13.1 Å². The summed E-state index contributed by atoms with van der Waals surface area (Å²) in [6, 6.07) is -5.54. The molecule has 210 valence electrons. The summed E-state index contributed by atoms with van der Waals surface area (Å²) in [6.45, 7) is -0.507. The molecule has 4 atom stereocenters. The molecule has 0 saturated carbocycles. The van der Waals surface area contributed by atoms with Crippen LogP contribution < -0.4 is 50.4 Å². The number of carbonyl (C=O) groups excluding carboxylic acids is 4. The number of nitrogens with zero attached hydrogens (tertiary/aromatic N) is 2. The standard InChI is InChI=1S/C19H37N11O7/c20-9(8-31)14(33)30-12(7-13(21)32)16(35)28-10(3-1-5-26-18(22)23)15(34)29-11(17(36)37)4-2-6-27-19(24)25/h9-12,31H,1-8,20H2,(H2,21,32)(H,28,35)(H,29,34)(H,30,33)(H,36,37)(H4,22,23,26)(H4,24,25,27). The van der Waals surface area contributed by atoms with Crippen LogP contribution in [0.4, 0.5) is 0 Å². The van der Waals surface area contributed by atoms with Gasteiger partial charge in [0.1, 0.15) is 24.2 Å². The summed E-state index contributed by atoms with van der Waals surface area (Å²) in [5.41, 5.74) is 31.6. The quantitative estimate of drug-likeness (QED) is 0.0447. The first-order valence-corrected chi connectivity index (χ1v) is 11.2. The molecule has 37 heavy (non-hydrogen) atoms. The lowest BCUT2D eigenvalue weighted by molar-refractivity contribution is -0.142. The smallest absolute Gasteiger partial charge is 0.326 e. The van der Waals surface area contributed by atoms with Gasteiger partial charge in [0.15, 0.2) is 11.9 Å². The number of nitrogens with two attached hydrogens (primary N) is 6. The van der Waals surface area contributed by atoms with Crippen LogP contribution in [0.1, 0.15) is 32.1 Å². The van der Waals surface area contributed by atoms with Crippen molar-refractivity contribution < 1.29 is 34.2 Å². The second-order valence-electron chi connectivity index (χ2n) is 7.88. The van der Waals surface area contributed by atoms with E-state index in [0.717, 1.165) is 0 Å². The van der Waals surface area contributed by atoms with Gasteiger partial charge in [0.05, 0.1) is 13.0 Å². The zero-order valence-corrected chi connectivity index (χ0v) is 20.3. The van der Waals surface area contributed by atoms with E-state index < -0.39 is 66.8 Å². The highest BCUT2D eigenvalue weighted by Crippen LogP contribution is 2.05. The molecule has 4 amide bonds. The van der Waals surface area contributed by atoms with Crippen molar-refractivity contribution >= 4 is 41.5 Å². The van der Waals surface area contributed by atoms with E-state index in [0.29, 0.717) is 0 Å². The van der Waals surface area contributed by atoms with Gasteiger partial charge in [-0.25, -0.2) is 4.79 Å². The normalized spacial score (nSPS) is 13.7. The van der Waals surface area contributed by atoms with Gasteiger partial charge in [-0.2, -0.15) is 0 Å². The molecule has 0 aromatic heterocycles. The van der Waals surface area contributed by atoms with Crippen molar-refractivity contribution in [3.8, 4) is 0 Å². The molecule has 0 aliphatic carbocycles. The van der Waals surface area contributed by atoms with Crippen molar-refractivity contribution in [3.05, 3.63) is 0 Å². The Balaban J connectivity index is 5.60. The Bertz CT molecular complexity index is 857. The van der Waals surface area contributed by atoms with E-state index in [9.17, 15) is 29.1 Å². The van der Waals surface area contributed by atoms with Crippen molar-refractivity contribution in [2.24, 2.45) is 44.4 Å². The Kier molecular flexibility index (Phi) is 15.3. The highest BCUT2D eigenvalue weighted by Gasteiger charge is 2.30. The SMILES string of the molecule is NC(=O)CC(NC(=O)C(N)CO)C(=O)NC(CCCN=C(N)N)C(=O)NC(CCCN=C(N)N)C(=O)O. The number of amides is 4. The molecule has 0 spiro atoms. The van der Waals surface area contributed by atoms with Crippen molar-refractivity contribution in [1.29, 1.82) is 0 Å². The van der Waals surface area contributed by atoms with Gasteiger partial charge < -0.3 is 60.6 Å². The molecule has 4 unspecified atom stereocenters. The average Bonchev–Trinajstić information content (AvgIpc) is 2.80. The molecule has 0 saturated heterocycles. The molecule has 0 aliphatic heterocycles. The van der Waals surface area contributed by atoms with Crippen molar-refractivity contribution in [3.63, 3.8) is 0 Å². The largest absolute Gasteiger partial charge is 0.480 e. The summed E-state index contributed by atoms with van der Waals surface area (Å²) < 4.78 is 0. The number of carbonyl (C=O) groups is 5. The molecule has 0 aromatic carbocycles. The summed E-state index contributed by atoms with van der Waals surface area (Å²) >= 11 is 0. The van der Waals surface area contributed by atoms with E-state index in [2.05, 4.69) is 25.9 Å². The number of hydrogen-bond donors (Lipinski definition) is 11. The summed E-state index contributed by atoms with van der Waals surface area (Å²) in [7, 11) is 0. The van der Waals surface area contributed by atoms with Gasteiger partial charge in [0.2, 0.25) is 23.6 Å². The lowest BCUT2D eigenvalue weighted by Crippen LogP contribution is -2.58. The van der Waals surface area contributed by atoms with Crippen LogP contribution in [0.5, 0.6) is 0 Å². The monoisotopic (exact) mass is 531 g/mol. The zero-order valence-electron chi connectivity index (χ0n) is 20.3. The van der Waals surface area contributed by atoms with Gasteiger partial charge in [-0.05, 0) is 25.7 Å². The highest BCUT2D eigenvalue weighted by molar-refractivity contribution is 5.96. The van der Waals surface area contributed by atoms with Crippen molar-refractivity contribution in [2.75, 3.05) is 19.7 Å². The van der Waals surface area contributed by atoms with Gasteiger partial charge >= 0.3 is 5.97 Å². The number of hydrogen-bond acceptors (Lipinski definition) is 9. The third-order valence-electron chi connectivity index (χ3n) is 4.71. The Hall–Kier alpha value is -4.19. The Morgan fingerprint density at radius 2 is 1.14 bits per heavy atom. The minimum atomic E-state index is -1.52. The number of aliphatic carboxylic acids is 1. The molecule has 0 aliphatic rings. The topological polar surface area (TPSA) is 343 Å². The van der Waals surface area contributed by atoms with Crippen LogP contribution in [-0.4, -0.2) is 95.6 Å². The molecule has 0 bridgehead atoms. The van der Waals surface area contributed by atoms with Gasteiger partial charge in [-0.15, -0.1) is 0 Å². The number of aliphatic hydroxyl groups excluding tert-OH is 1. The second kappa shape index (κ2) is 17.3. The third-order valence-corrected chi connectivity index (χ3v) is 4.71. The Labute approximate surface area is 212 Å². The van der Waals surface area contributed by atoms with Crippen molar-refractivity contribution in [2.45, 2.75) is 56.3 Å². The van der Waals surface area contributed by atoms with Crippen LogP contribution in [0.15, 0.2) is 9.98 Å². The maximum atomic E-state index is 12.9. The van der Waals surface area contributed by atoms with Gasteiger partial charge in [0.25, 0.3) is 0 Å². The Morgan fingerprint density at radius 1 is 0.703 bits per heavy atom. The van der Waals surface area contributed by atoms with E-state index in [4.69, 9.17) is 39.5 Å². The highest BCUT2D eigenvalue weighted by atomic mass is 16.4. The third kappa shape index (κ3) is 14.7. The number of rotatable bonds is 18. The lowest BCUT2D eigenvalue weighted by Gasteiger charge is -2.24. The summed E-state index contributed by atoms with van der Waals surface area (Å²) in [6.07, 6.45) is -0.274. The molecular formula is C19H37N11O7. The molecule has 0 aromatic rings. The molecule has 0 rings (SSSR count). The fourth-order valence-electron chi connectivity index (χ4n) is 2.85. The van der Waals surface area contributed by atoms with Crippen LogP contribution in [0.2, 0.25) is 0 Å². The zero-order chi connectivity index (χ0) is 28.5. The van der Waals surface area contributed by atoms with Crippen LogP contribution >= 0.6 is 0 Å². The lowest BCUT2D eigenvalue weighted by atomic mass is 10.1. The molecule has 0 radical (unpaired) electrons. The fourth-order valence-corrected chi connectivity index (χ4v) is 2.85. The second-order valence-corrected chi connectivity index (χ2v) is 7.88. The summed E-state index contributed by atoms with van der Waals surface area (Å²) in [5, 5.41) is 25.4. The fraction of sp³-hybridized carbons (Fsp3) is 0.632. The van der Waals surface area contributed by atoms with E-state index in [-0.39, 0.29) is 50.7 Å². The minimum absolute atomic E-state index is 0.0219. The van der Waals surface area contributed by atoms with E-state index in [1.165, 1.54) is 0 Å². The first-order chi connectivity index (χ1) is 17.3. The van der Waals surface area contributed by atoms with Gasteiger partial charge in [-0.3, -0.25) is 29.2 Å². The summed E-state index contributed by atoms with van der Waals surface area (Å²) in [4.78, 5) is 68.3. The minimum Gasteiger partial charge on any atom is -0.480 e. The molecule has 0 fully saturated rings. The first-order valence-electron chi connectivity index (χ1n) is 11.2. The number of primary amides is 1. The number of carboxylic acid groups (broad SMARTS) is 1. The maximum Gasteiger partial charge on any atom is 0.326 e.